The Balaban J connectivity index is 1.96. The van der Waals surface area contributed by atoms with Crippen LogP contribution in [0, 0.1) is 10.1 Å². The molecule has 0 aliphatic rings. The maximum atomic E-state index is 11.1. The van der Waals surface area contributed by atoms with E-state index >= 15 is 0 Å². The summed E-state index contributed by atoms with van der Waals surface area (Å²) in [5.74, 6) is 0. The first-order chi connectivity index (χ1) is 12.6. The maximum absolute atomic E-state index is 11.1. The average Bonchev–Trinajstić information content (AvgIpc) is 2.69. The highest BCUT2D eigenvalue weighted by molar-refractivity contribution is 8.20. The van der Waals surface area contributed by atoms with Crippen molar-refractivity contribution >= 4 is 40.5 Å². The summed E-state index contributed by atoms with van der Waals surface area (Å²) < 4.78 is 0. The zero-order valence-corrected chi connectivity index (χ0v) is 15.4. The standard InChI is InChI=1S/C19H16N3O2PS/c23-22(24)19-14-8-7-9-16(19)15-20-21-25(26,17-10-3-1-4-11-17)18-12-5-2-6-13-18/h1-15H,(H,21,26)/b20-15+. The van der Waals surface area contributed by atoms with Crippen molar-refractivity contribution in [2.75, 3.05) is 0 Å². The molecule has 3 rings (SSSR count). The van der Waals surface area contributed by atoms with Gasteiger partial charge in [-0.2, -0.15) is 5.10 Å². The second-order valence-corrected chi connectivity index (χ2v) is 9.55. The molecule has 0 bridgehead atoms. The molecule has 130 valence electrons. The highest BCUT2D eigenvalue weighted by Gasteiger charge is 2.21. The molecule has 26 heavy (non-hydrogen) atoms. The maximum Gasteiger partial charge on any atom is 0.278 e. The Morgan fingerprint density at radius 2 is 1.38 bits per heavy atom. The van der Waals surface area contributed by atoms with Crippen LogP contribution in [0.1, 0.15) is 5.56 Å². The minimum atomic E-state index is -2.38. The smallest absolute Gasteiger partial charge is 0.272 e. The molecule has 0 radical (unpaired) electrons. The third-order valence-electron chi connectivity index (χ3n) is 3.78. The van der Waals surface area contributed by atoms with Gasteiger partial charge in [-0.15, -0.1) is 0 Å². The van der Waals surface area contributed by atoms with Crippen molar-refractivity contribution in [1.82, 2.24) is 5.20 Å². The Kier molecular flexibility index (Phi) is 5.56. The highest BCUT2D eigenvalue weighted by Crippen LogP contribution is 2.38. The van der Waals surface area contributed by atoms with Gasteiger partial charge in [0.2, 0.25) is 0 Å². The van der Waals surface area contributed by atoms with Crippen LogP contribution in [-0.4, -0.2) is 11.1 Å². The number of hydrogen-bond donors (Lipinski definition) is 1. The third-order valence-corrected chi connectivity index (χ3v) is 7.73. The number of nitro groups is 1. The second-order valence-electron chi connectivity index (χ2n) is 5.45. The normalized spacial score (nSPS) is 11.4. The van der Waals surface area contributed by atoms with E-state index in [4.69, 9.17) is 11.8 Å². The molecule has 5 nitrogen and oxygen atoms in total. The lowest BCUT2D eigenvalue weighted by Gasteiger charge is -2.22. The number of nitrogens with zero attached hydrogens (tertiary/aromatic N) is 2. The van der Waals surface area contributed by atoms with Crippen LogP contribution in [0.25, 0.3) is 0 Å². The van der Waals surface area contributed by atoms with E-state index in [1.54, 1.807) is 18.2 Å². The van der Waals surface area contributed by atoms with Gasteiger partial charge in [0.15, 0.2) is 0 Å². The summed E-state index contributed by atoms with van der Waals surface area (Å²) in [6.45, 7) is 0. The second kappa shape index (κ2) is 8.04. The molecule has 0 aliphatic heterocycles. The van der Waals surface area contributed by atoms with Crippen LogP contribution in [-0.2, 0) is 11.8 Å². The number of hydrogen-bond acceptors (Lipinski definition) is 4. The number of nitro benzene ring substituents is 1. The molecule has 0 aromatic heterocycles. The average molecular weight is 381 g/mol. The highest BCUT2D eigenvalue weighted by atomic mass is 32.4. The molecular formula is C19H16N3O2PS. The van der Waals surface area contributed by atoms with E-state index in [1.165, 1.54) is 12.3 Å². The lowest BCUT2D eigenvalue weighted by atomic mass is 10.2. The summed E-state index contributed by atoms with van der Waals surface area (Å²) in [7, 11) is 0. The lowest BCUT2D eigenvalue weighted by molar-refractivity contribution is -0.385. The largest absolute Gasteiger partial charge is 0.278 e. The van der Waals surface area contributed by atoms with Crippen LogP contribution in [0.5, 0.6) is 0 Å². The molecule has 0 heterocycles. The molecule has 3 aromatic carbocycles. The van der Waals surface area contributed by atoms with Gasteiger partial charge in [0.25, 0.3) is 5.69 Å². The Labute approximate surface area is 156 Å². The van der Waals surface area contributed by atoms with Crippen molar-refractivity contribution in [1.29, 1.82) is 0 Å². The summed E-state index contributed by atoms with van der Waals surface area (Å²) >= 11 is 5.99. The molecule has 0 saturated heterocycles. The van der Waals surface area contributed by atoms with E-state index in [0.29, 0.717) is 5.56 Å². The fourth-order valence-corrected chi connectivity index (χ4v) is 5.29. The molecule has 0 atom stereocenters. The topological polar surface area (TPSA) is 67.5 Å². The molecule has 0 amide bonds. The van der Waals surface area contributed by atoms with Crippen molar-refractivity contribution in [3.63, 3.8) is 0 Å². The van der Waals surface area contributed by atoms with E-state index < -0.39 is 11.1 Å². The van der Waals surface area contributed by atoms with Gasteiger partial charge in [0.05, 0.1) is 16.7 Å². The van der Waals surface area contributed by atoms with Gasteiger partial charge in [0.1, 0.15) is 6.19 Å². The minimum Gasteiger partial charge on any atom is -0.272 e. The minimum absolute atomic E-state index is 0.00535. The van der Waals surface area contributed by atoms with E-state index in [1.807, 2.05) is 60.7 Å². The fraction of sp³-hybridized carbons (Fsp3) is 0. The van der Waals surface area contributed by atoms with Gasteiger partial charge in [-0.05, 0) is 6.07 Å². The van der Waals surface area contributed by atoms with Gasteiger partial charge >= 0.3 is 0 Å². The van der Waals surface area contributed by atoms with Gasteiger partial charge in [-0.3, -0.25) is 15.3 Å². The Bertz CT molecular complexity index is 935. The van der Waals surface area contributed by atoms with Crippen LogP contribution >= 0.6 is 6.19 Å². The summed E-state index contributed by atoms with van der Waals surface area (Å²) in [4.78, 5) is 10.7. The van der Waals surface area contributed by atoms with Crippen LogP contribution in [0.2, 0.25) is 0 Å². The summed E-state index contributed by atoms with van der Waals surface area (Å²) in [6, 6.07) is 26.0. The van der Waals surface area contributed by atoms with E-state index in [2.05, 4.69) is 10.3 Å². The van der Waals surface area contributed by atoms with Gasteiger partial charge < -0.3 is 0 Å². The molecule has 0 aliphatic carbocycles. The Morgan fingerprint density at radius 1 is 0.885 bits per heavy atom. The molecule has 7 heteroatoms. The summed E-state index contributed by atoms with van der Waals surface area (Å²) in [5.41, 5.74) is 0.429. The van der Waals surface area contributed by atoms with E-state index in [9.17, 15) is 10.1 Å². The summed E-state index contributed by atoms with van der Waals surface area (Å²) in [6.07, 6.45) is -0.935. The first kappa shape index (κ1) is 18.0. The van der Waals surface area contributed by atoms with Crippen molar-refractivity contribution < 1.29 is 4.92 Å². The van der Waals surface area contributed by atoms with Crippen molar-refractivity contribution in [2.24, 2.45) is 5.10 Å². The monoisotopic (exact) mass is 381 g/mol. The van der Waals surface area contributed by atoms with Crippen molar-refractivity contribution in [3.8, 4) is 0 Å². The van der Waals surface area contributed by atoms with E-state index in [-0.39, 0.29) is 5.69 Å². The van der Waals surface area contributed by atoms with Gasteiger partial charge in [-0.1, -0.05) is 84.6 Å². The Hall–Kier alpha value is -2.82. The third kappa shape index (κ3) is 3.87. The number of hydrazone groups is 1. The van der Waals surface area contributed by atoms with Crippen molar-refractivity contribution in [2.45, 2.75) is 0 Å². The molecule has 1 N–H and O–H groups in total. The van der Waals surface area contributed by atoms with Gasteiger partial charge in [-0.25, -0.2) is 0 Å². The molecule has 0 unspecified atom stereocenters. The summed E-state index contributed by atoms with van der Waals surface area (Å²) in [5, 5.41) is 20.5. The number of nitrogens with one attached hydrogen (secondary N) is 1. The SMILES string of the molecule is O=[N+]([O-])c1ccccc1/C=N/NP(=S)(c1ccccc1)c1ccccc1. The first-order valence-corrected chi connectivity index (χ1v) is 10.7. The van der Waals surface area contributed by atoms with Crippen LogP contribution < -0.4 is 15.8 Å². The zero-order chi connectivity index (χ0) is 18.4. The predicted molar refractivity (Wildman–Crippen MR) is 110 cm³/mol. The number of para-hydroxylation sites is 1. The van der Waals surface area contributed by atoms with Crippen LogP contribution in [0.15, 0.2) is 90.0 Å². The first-order valence-electron chi connectivity index (χ1n) is 7.86. The fourth-order valence-electron chi connectivity index (χ4n) is 2.48. The number of benzene rings is 3. The molecular weight excluding hydrogens is 365 g/mol. The quantitative estimate of drug-likeness (QED) is 0.307. The molecule has 0 spiro atoms. The van der Waals surface area contributed by atoms with Crippen LogP contribution in [0.4, 0.5) is 5.69 Å². The number of rotatable bonds is 6. The van der Waals surface area contributed by atoms with Crippen molar-refractivity contribution in [3.05, 3.63) is 101 Å². The molecule has 0 saturated carbocycles. The zero-order valence-electron chi connectivity index (χ0n) is 13.7. The van der Waals surface area contributed by atoms with Crippen LogP contribution in [0.3, 0.4) is 0 Å². The lowest BCUT2D eigenvalue weighted by Crippen LogP contribution is -2.24. The predicted octanol–water partition coefficient (Wildman–Crippen LogP) is 3.56. The molecule has 0 fully saturated rings. The molecule has 3 aromatic rings. The Morgan fingerprint density at radius 3 is 1.92 bits per heavy atom. The van der Waals surface area contributed by atoms with Gasteiger partial charge in [0, 0.05) is 16.7 Å². The van der Waals surface area contributed by atoms with E-state index in [0.717, 1.165) is 10.6 Å².